The van der Waals surface area contributed by atoms with E-state index >= 15 is 0 Å². The molecule has 3 atom stereocenters. The van der Waals surface area contributed by atoms with Crippen molar-refractivity contribution in [3.8, 4) is 6.07 Å². The molecule has 3 N–H and O–H groups in total. The highest BCUT2D eigenvalue weighted by molar-refractivity contribution is 7.88. The molecule has 1 saturated heterocycles. The van der Waals surface area contributed by atoms with E-state index < -0.39 is 10.0 Å². The van der Waals surface area contributed by atoms with Gasteiger partial charge in [0.2, 0.25) is 10.0 Å². The van der Waals surface area contributed by atoms with E-state index in [-0.39, 0.29) is 11.5 Å². The number of fused-ring (bicyclic) bond motifs is 1. The molecule has 0 radical (unpaired) electrons. The van der Waals surface area contributed by atoms with Crippen molar-refractivity contribution in [2.24, 2.45) is 11.8 Å². The molecule has 2 saturated carbocycles. The van der Waals surface area contributed by atoms with Gasteiger partial charge in [-0.3, -0.25) is 0 Å². The molecule has 3 unspecified atom stereocenters. The number of rotatable bonds is 6. The van der Waals surface area contributed by atoms with Gasteiger partial charge in [0.15, 0.2) is 5.11 Å². The highest BCUT2D eigenvalue weighted by Gasteiger charge is 2.58. The van der Waals surface area contributed by atoms with Crippen LogP contribution in [0.1, 0.15) is 49.7 Å². The van der Waals surface area contributed by atoms with E-state index in [9.17, 15) is 13.7 Å². The van der Waals surface area contributed by atoms with Crippen molar-refractivity contribution in [2.75, 3.05) is 36.9 Å². The number of nitrogens with zero attached hydrogens (tertiary/aromatic N) is 3. The lowest BCUT2D eigenvalue weighted by Crippen LogP contribution is -2.49. The van der Waals surface area contributed by atoms with Crippen molar-refractivity contribution in [3.63, 3.8) is 0 Å². The maximum Gasteiger partial charge on any atom is 0.211 e. The molecule has 2 aliphatic carbocycles. The normalized spacial score (nSPS) is 25.4. The Bertz CT molecular complexity index is 1420. The molecule has 1 heterocycles. The average Bonchev–Trinajstić information content (AvgIpc) is 3.65. The second kappa shape index (κ2) is 11.1. The molecule has 2 aromatic carbocycles. The van der Waals surface area contributed by atoms with E-state index in [0.717, 1.165) is 45.1 Å². The molecular weight excluding hydrogens is 573 g/mol. The summed E-state index contributed by atoms with van der Waals surface area (Å²) in [6, 6.07) is 13.9. The predicted octanol–water partition coefficient (Wildman–Crippen LogP) is 5.63. The average molecular weight is 607 g/mol. The van der Waals surface area contributed by atoms with Crippen molar-refractivity contribution in [3.05, 3.63) is 57.6 Å². The van der Waals surface area contributed by atoms with Crippen LogP contribution in [0.2, 0.25) is 10.0 Å². The molecule has 208 valence electrons. The summed E-state index contributed by atoms with van der Waals surface area (Å²) in [6.07, 6.45) is 7.02. The highest BCUT2D eigenvalue weighted by atomic mass is 35.5. The summed E-state index contributed by atoms with van der Waals surface area (Å²) in [7, 11) is -3.18. The predicted molar refractivity (Wildman–Crippen MR) is 162 cm³/mol. The number of halogens is 2. The quantitative estimate of drug-likeness (QED) is 0.325. The van der Waals surface area contributed by atoms with E-state index in [0.29, 0.717) is 57.0 Å². The third-order valence-electron chi connectivity index (χ3n) is 8.81. The van der Waals surface area contributed by atoms with Crippen LogP contribution in [0.15, 0.2) is 36.4 Å². The number of hydrogen-bond acceptors (Lipinski definition) is 5. The van der Waals surface area contributed by atoms with Gasteiger partial charge in [-0.05, 0) is 97.8 Å². The van der Waals surface area contributed by atoms with Crippen molar-refractivity contribution >= 4 is 61.9 Å². The number of nitrogen functional groups attached to an aromatic ring is 1. The Kier molecular flexibility index (Phi) is 8.06. The number of anilines is 2. The van der Waals surface area contributed by atoms with Crippen LogP contribution in [-0.4, -0.2) is 54.7 Å². The topological polar surface area (TPSA) is 102 Å². The lowest BCUT2D eigenvalue weighted by atomic mass is 9.79. The molecule has 0 aromatic heterocycles. The molecule has 0 amide bonds. The van der Waals surface area contributed by atoms with Crippen LogP contribution in [-0.2, 0) is 15.4 Å². The van der Waals surface area contributed by atoms with Gasteiger partial charge in [-0.2, -0.15) is 5.26 Å². The van der Waals surface area contributed by atoms with E-state index in [1.165, 1.54) is 11.8 Å². The minimum atomic E-state index is -3.18. The number of benzene rings is 2. The molecular formula is C28H33Cl2N5O2S2. The molecule has 1 aliphatic heterocycles. The zero-order valence-electron chi connectivity index (χ0n) is 21.9. The van der Waals surface area contributed by atoms with Crippen molar-refractivity contribution in [1.29, 1.82) is 5.26 Å². The second-order valence-electron chi connectivity index (χ2n) is 11.2. The van der Waals surface area contributed by atoms with Crippen LogP contribution in [0.5, 0.6) is 0 Å². The SMILES string of the molecule is CS(=O)(=O)N1CCC(CN(C(=S)Nc2cc(Cl)c(Cl)cc2N)C2CCC3(c4cccc(C#N)c4)CC3C2)CC1. The number of nitrogens with one attached hydrogen (secondary N) is 1. The summed E-state index contributed by atoms with van der Waals surface area (Å²) in [4.78, 5) is 2.30. The lowest BCUT2D eigenvalue weighted by Gasteiger charge is -2.41. The Balaban J connectivity index is 1.33. The Morgan fingerprint density at radius 1 is 1.23 bits per heavy atom. The van der Waals surface area contributed by atoms with E-state index in [1.54, 1.807) is 16.4 Å². The van der Waals surface area contributed by atoms with Gasteiger partial charge in [0.05, 0.1) is 39.3 Å². The highest BCUT2D eigenvalue weighted by Crippen LogP contribution is 2.63. The minimum Gasteiger partial charge on any atom is -0.397 e. The fourth-order valence-electron chi connectivity index (χ4n) is 6.50. The van der Waals surface area contributed by atoms with Gasteiger partial charge in [0, 0.05) is 25.7 Å². The number of hydrogen-bond donors (Lipinski definition) is 2. The largest absolute Gasteiger partial charge is 0.397 e. The van der Waals surface area contributed by atoms with E-state index in [2.05, 4.69) is 22.4 Å². The van der Waals surface area contributed by atoms with Gasteiger partial charge in [-0.15, -0.1) is 0 Å². The molecule has 3 aliphatic rings. The van der Waals surface area contributed by atoms with Crippen LogP contribution >= 0.6 is 35.4 Å². The standard InChI is InChI=1S/C28H33Cl2N5O2S2/c1-39(36,37)34-9-6-18(7-10-34)17-35(27(38)33-26-14-24(30)23(29)13-25(26)32)22-5-8-28(15-21(28)12-22)20-4-2-3-19(11-20)16-31/h2-4,11,13-14,18,21-22H,5-10,12,15,17,32H2,1H3,(H,33,38). The molecule has 11 heteroatoms. The summed E-state index contributed by atoms with van der Waals surface area (Å²) in [5.74, 6) is 0.865. The smallest absolute Gasteiger partial charge is 0.211 e. The summed E-state index contributed by atoms with van der Waals surface area (Å²) >= 11 is 18.4. The van der Waals surface area contributed by atoms with Crippen LogP contribution in [0.3, 0.4) is 0 Å². The Morgan fingerprint density at radius 2 is 1.95 bits per heavy atom. The van der Waals surface area contributed by atoms with Gasteiger partial charge in [-0.1, -0.05) is 35.3 Å². The Labute approximate surface area is 246 Å². The van der Waals surface area contributed by atoms with E-state index in [4.69, 9.17) is 41.2 Å². The summed E-state index contributed by atoms with van der Waals surface area (Å²) in [6.45, 7) is 1.81. The summed E-state index contributed by atoms with van der Waals surface area (Å²) in [5, 5.41) is 14.1. The Hall–Kier alpha value is -2.09. The van der Waals surface area contributed by atoms with Gasteiger partial charge < -0.3 is 16.0 Å². The fourth-order valence-corrected chi connectivity index (χ4v) is 8.05. The summed E-state index contributed by atoms with van der Waals surface area (Å²) in [5.41, 5.74) is 9.45. The molecule has 0 spiro atoms. The number of nitriles is 1. The second-order valence-corrected chi connectivity index (χ2v) is 14.4. The summed E-state index contributed by atoms with van der Waals surface area (Å²) < 4.78 is 25.6. The van der Waals surface area contributed by atoms with Gasteiger partial charge in [-0.25, -0.2) is 12.7 Å². The minimum absolute atomic E-state index is 0.152. The van der Waals surface area contributed by atoms with Crippen molar-refractivity contribution < 1.29 is 8.42 Å². The molecule has 5 rings (SSSR count). The first-order valence-electron chi connectivity index (χ1n) is 13.3. The van der Waals surface area contributed by atoms with Crippen LogP contribution in [0.4, 0.5) is 11.4 Å². The maximum absolute atomic E-state index is 12.0. The fraction of sp³-hybridized carbons (Fsp3) is 0.500. The molecule has 39 heavy (non-hydrogen) atoms. The molecule has 3 fully saturated rings. The van der Waals surface area contributed by atoms with E-state index in [1.807, 2.05) is 18.2 Å². The Morgan fingerprint density at radius 3 is 2.62 bits per heavy atom. The third kappa shape index (κ3) is 6.01. The first-order valence-corrected chi connectivity index (χ1v) is 16.3. The molecule has 2 aromatic rings. The van der Waals surface area contributed by atoms with Gasteiger partial charge in [0.25, 0.3) is 0 Å². The lowest BCUT2D eigenvalue weighted by molar-refractivity contribution is 0.174. The maximum atomic E-state index is 12.0. The molecule has 7 nitrogen and oxygen atoms in total. The van der Waals surface area contributed by atoms with Gasteiger partial charge >= 0.3 is 0 Å². The number of thiocarbonyl (C=S) groups is 1. The zero-order valence-corrected chi connectivity index (χ0v) is 25.0. The first-order chi connectivity index (χ1) is 18.5. The van der Waals surface area contributed by atoms with Crippen LogP contribution in [0, 0.1) is 23.2 Å². The number of nitrogens with two attached hydrogens (primary N) is 1. The van der Waals surface area contributed by atoms with Crippen molar-refractivity contribution in [1.82, 2.24) is 9.21 Å². The third-order valence-corrected chi connectivity index (χ3v) is 11.2. The number of piperidine rings is 1. The number of sulfonamides is 1. The van der Waals surface area contributed by atoms with Crippen LogP contribution in [0.25, 0.3) is 0 Å². The van der Waals surface area contributed by atoms with Crippen LogP contribution < -0.4 is 11.1 Å². The van der Waals surface area contributed by atoms with Gasteiger partial charge in [0.1, 0.15) is 0 Å². The monoisotopic (exact) mass is 605 g/mol. The first kappa shape index (κ1) is 28.4. The zero-order chi connectivity index (χ0) is 27.9. The molecule has 0 bridgehead atoms. The van der Waals surface area contributed by atoms with Crippen molar-refractivity contribution in [2.45, 2.75) is 50.0 Å².